The number of hydrogen-bond donors (Lipinski definition) is 0. The van der Waals surface area contributed by atoms with Gasteiger partial charge in [-0.15, -0.1) is 0 Å². The topological polar surface area (TPSA) is 9.23 Å². The van der Waals surface area contributed by atoms with E-state index in [4.69, 9.17) is 4.74 Å². The van der Waals surface area contributed by atoms with Gasteiger partial charge in [0.15, 0.2) is 0 Å². The fraction of sp³-hybridized carbons (Fsp3) is 0.364. The zero-order valence-electron chi connectivity index (χ0n) is 8.01. The van der Waals surface area contributed by atoms with Crippen molar-refractivity contribution in [3.05, 3.63) is 35.2 Å². The van der Waals surface area contributed by atoms with Crippen LogP contribution in [0.3, 0.4) is 0 Å². The third kappa shape index (κ3) is 2.73. The van der Waals surface area contributed by atoms with Gasteiger partial charge in [0.25, 0.3) is 0 Å². The van der Waals surface area contributed by atoms with Gasteiger partial charge < -0.3 is 4.74 Å². The summed E-state index contributed by atoms with van der Waals surface area (Å²) in [6.45, 7) is 8.73. The molecule has 71 valence electrons. The van der Waals surface area contributed by atoms with E-state index in [0.717, 1.165) is 15.8 Å². The van der Waals surface area contributed by atoms with Crippen molar-refractivity contribution >= 4 is 15.9 Å². The molecule has 1 radical (unpaired) electrons. The second kappa shape index (κ2) is 4.66. The first kappa shape index (κ1) is 10.6. The van der Waals surface area contributed by atoms with Gasteiger partial charge in [0.05, 0.1) is 6.61 Å². The van der Waals surface area contributed by atoms with Crippen LogP contribution in [-0.2, 0) is 0 Å². The molecule has 0 saturated carbocycles. The van der Waals surface area contributed by atoms with Crippen LogP contribution < -0.4 is 4.74 Å². The van der Waals surface area contributed by atoms with Crippen LogP contribution in [0.2, 0.25) is 0 Å². The lowest BCUT2D eigenvalue weighted by molar-refractivity contribution is 0.336. The van der Waals surface area contributed by atoms with Crippen molar-refractivity contribution in [1.82, 2.24) is 0 Å². The summed E-state index contributed by atoms with van der Waals surface area (Å²) in [6.07, 6.45) is 0. The van der Waals surface area contributed by atoms with Crippen molar-refractivity contribution in [3.8, 4) is 5.75 Å². The number of benzene rings is 1. The summed E-state index contributed by atoms with van der Waals surface area (Å²) in [6, 6.07) is 6.02. The first-order chi connectivity index (χ1) is 6.15. The highest BCUT2D eigenvalue weighted by Gasteiger charge is 2.07. The highest BCUT2D eigenvalue weighted by molar-refractivity contribution is 9.10. The molecule has 0 spiro atoms. The van der Waals surface area contributed by atoms with E-state index < -0.39 is 0 Å². The van der Waals surface area contributed by atoms with Gasteiger partial charge in [0.2, 0.25) is 0 Å². The van der Waals surface area contributed by atoms with E-state index in [1.54, 1.807) is 0 Å². The van der Waals surface area contributed by atoms with Gasteiger partial charge in [-0.3, -0.25) is 0 Å². The molecule has 0 N–H and O–H groups in total. The summed E-state index contributed by atoms with van der Waals surface area (Å²) in [7, 11) is 0. The van der Waals surface area contributed by atoms with E-state index >= 15 is 0 Å². The molecule has 0 aliphatic heterocycles. The molecule has 2 heteroatoms. The van der Waals surface area contributed by atoms with Crippen LogP contribution in [-0.4, -0.2) is 6.61 Å². The van der Waals surface area contributed by atoms with E-state index in [0.29, 0.717) is 6.61 Å². The molecule has 0 amide bonds. The minimum Gasteiger partial charge on any atom is -0.494 e. The van der Waals surface area contributed by atoms with E-state index in [-0.39, 0.29) is 5.92 Å². The monoisotopic (exact) mass is 241 g/mol. The lowest BCUT2D eigenvalue weighted by Gasteiger charge is -2.12. The molecule has 0 aliphatic carbocycles. The van der Waals surface area contributed by atoms with E-state index in [1.165, 1.54) is 0 Å². The average Bonchev–Trinajstić information content (AvgIpc) is 2.08. The predicted octanol–water partition coefficient (Wildman–Crippen LogP) is 3.79. The van der Waals surface area contributed by atoms with E-state index in [2.05, 4.69) is 35.8 Å². The molecular weight excluding hydrogens is 228 g/mol. The summed E-state index contributed by atoms with van der Waals surface area (Å²) in [5, 5.41) is 0. The molecule has 1 atom stereocenters. The Morgan fingerprint density at radius 1 is 1.54 bits per heavy atom. The van der Waals surface area contributed by atoms with Crippen LogP contribution in [0.1, 0.15) is 25.3 Å². The third-order valence-electron chi connectivity index (χ3n) is 1.80. The number of hydrogen-bond acceptors (Lipinski definition) is 1. The molecule has 0 fully saturated rings. The average molecular weight is 242 g/mol. The molecular formula is C11H14BrO. The molecule has 0 aromatic heterocycles. The predicted molar refractivity (Wildman–Crippen MR) is 59.1 cm³/mol. The normalized spacial score (nSPS) is 10.5. The summed E-state index contributed by atoms with van der Waals surface area (Å²) < 4.78 is 6.56. The SMILES string of the molecule is [CH2]C(C)c1cc(Br)ccc1OCC. The quantitative estimate of drug-likeness (QED) is 0.783. The minimum absolute atomic E-state index is 0.249. The van der Waals surface area contributed by atoms with Crippen LogP contribution in [0.15, 0.2) is 22.7 Å². The molecule has 0 bridgehead atoms. The molecule has 13 heavy (non-hydrogen) atoms. The van der Waals surface area contributed by atoms with Gasteiger partial charge in [-0.2, -0.15) is 0 Å². The van der Waals surface area contributed by atoms with Crippen LogP contribution >= 0.6 is 15.9 Å². The van der Waals surface area contributed by atoms with Gasteiger partial charge in [-0.05, 0) is 43.5 Å². The lowest BCUT2D eigenvalue weighted by Crippen LogP contribution is -1.98. The maximum Gasteiger partial charge on any atom is 0.122 e. The molecule has 1 unspecified atom stereocenters. The Labute approximate surface area is 88.2 Å². The van der Waals surface area contributed by atoms with Crippen LogP contribution in [0.4, 0.5) is 0 Å². The second-order valence-electron chi connectivity index (χ2n) is 3.02. The Balaban J connectivity index is 3.03. The molecule has 1 aromatic carbocycles. The van der Waals surface area contributed by atoms with Crippen molar-refractivity contribution in [2.75, 3.05) is 6.61 Å². The summed E-state index contributed by atoms with van der Waals surface area (Å²) in [4.78, 5) is 0. The van der Waals surface area contributed by atoms with Gasteiger partial charge in [0.1, 0.15) is 5.75 Å². The number of halogens is 1. The first-order valence-corrected chi connectivity index (χ1v) is 5.19. The number of rotatable bonds is 3. The minimum atomic E-state index is 0.249. The smallest absolute Gasteiger partial charge is 0.122 e. The van der Waals surface area contributed by atoms with Crippen molar-refractivity contribution in [2.24, 2.45) is 0 Å². The Morgan fingerprint density at radius 2 is 2.23 bits per heavy atom. The van der Waals surface area contributed by atoms with Gasteiger partial charge in [0, 0.05) is 4.47 Å². The maximum absolute atomic E-state index is 5.49. The molecule has 1 nitrogen and oxygen atoms in total. The van der Waals surface area contributed by atoms with Gasteiger partial charge in [-0.1, -0.05) is 22.9 Å². The zero-order chi connectivity index (χ0) is 9.84. The summed E-state index contributed by atoms with van der Waals surface area (Å²) in [5.41, 5.74) is 1.15. The van der Waals surface area contributed by atoms with Crippen molar-refractivity contribution in [3.63, 3.8) is 0 Å². The number of ether oxygens (including phenoxy) is 1. The molecule has 1 aromatic rings. The molecule has 0 saturated heterocycles. The Hall–Kier alpha value is -0.500. The fourth-order valence-corrected chi connectivity index (χ4v) is 1.57. The zero-order valence-corrected chi connectivity index (χ0v) is 9.60. The molecule has 1 rings (SSSR count). The van der Waals surface area contributed by atoms with Crippen molar-refractivity contribution < 1.29 is 4.74 Å². The van der Waals surface area contributed by atoms with Gasteiger partial charge in [-0.25, -0.2) is 0 Å². The standard InChI is InChI=1S/C11H14BrO/c1-4-13-11-6-5-9(12)7-10(11)8(2)3/h5-8H,2,4H2,1,3H3. The van der Waals surface area contributed by atoms with Crippen molar-refractivity contribution in [1.29, 1.82) is 0 Å². The Morgan fingerprint density at radius 3 is 2.77 bits per heavy atom. The highest BCUT2D eigenvalue weighted by Crippen LogP contribution is 2.29. The highest BCUT2D eigenvalue weighted by atomic mass is 79.9. The molecule has 0 aliphatic rings. The van der Waals surface area contributed by atoms with E-state index in [1.807, 2.05) is 19.1 Å². The largest absolute Gasteiger partial charge is 0.494 e. The lowest BCUT2D eigenvalue weighted by atomic mass is 10.0. The Kier molecular flexibility index (Phi) is 3.79. The van der Waals surface area contributed by atoms with Crippen LogP contribution in [0, 0.1) is 6.92 Å². The van der Waals surface area contributed by atoms with Crippen LogP contribution in [0.25, 0.3) is 0 Å². The van der Waals surface area contributed by atoms with Crippen molar-refractivity contribution in [2.45, 2.75) is 19.8 Å². The fourth-order valence-electron chi connectivity index (χ4n) is 1.19. The summed E-state index contributed by atoms with van der Waals surface area (Å²) in [5.74, 6) is 1.19. The maximum atomic E-state index is 5.49. The van der Waals surface area contributed by atoms with E-state index in [9.17, 15) is 0 Å². The Bertz CT molecular complexity index is 281. The van der Waals surface area contributed by atoms with Gasteiger partial charge >= 0.3 is 0 Å². The van der Waals surface area contributed by atoms with Crippen LogP contribution in [0.5, 0.6) is 5.75 Å². The third-order valence-corrected chi connectivity index (χ3v) is 2.30. The summed E-state index contributed by atoms with van der Waals surface area (Å²) >= 11 is 3.43. The second-order valence-corrected chi connectivity index (χ2v) is 3.93. The first-order valence-electron chi connectivity index (χ1n) is 4.40. The molecule has 0 heterocycles.